The van der Waals surface area contributed by atoms with Crippen molar-refractivity contribution in [1.82, 2.24) is 15.6 Å². The monoisotopic (exact) mass is 335 g/mol. The Bertz CT molecular complexity index is 691. The molecule has 1 atom stereocenters. The number of nitrogens with zero attached hydrogens (tertiary/aromatic N) is 1. The predicted molar refractivity (Wildman–Crippen MR) is 84.8 cm³/mol. The summed E-state index contributed by atoms with van der Waals surface area (Å²) in [5, 5.41) is 8.96. The number of hydrogen-bond donors (Lipinski definition) is 2. The van der Waals surface area contributed by atoms with E-state index in [1.807, 2.05) is 29.6 Å². The molecule has 2 amide bonds. The van der Waals surface area contributed by atoms with Crippen LogP contribution >= 0.6 is 22.9 Å². The third-order valence-electron chi connectivity index (χ3n) is 3.35. The number of β-lactam (4-membered cyclic amide) rings is 1. The molecule has 2 heterocycles. The van der Waals surface area contributed by atoms with Crippen LogP contribution in [0, 0.1) is 0 Å². The summed E-state index contributed by atoms with van der Waals surface area (Å²) < 4.78 is 0. The van der Waals surface area contributed by atoms with Gasteiger partial charge in [-0.15, -0.1) is 11.3 Å². The van der Waals surface area contributed by atoms with Crippen LogP contribution < -0.4 is 10.6 Å². The molecule has 22 heavy (non-hydrogen) atoms. The Labute approximate surface area is 136 Å². The molecule has 1 unspecified atom stereocenters. The van der Waals surface area contributed by atoms with Crippen LogP contribution in [-0.4, -0.2) is 22.8 Å². The lowest BCUT2D eigenvalue weighted by Crippen LogP contribution is -2.56. The Morgan fingerprint density at radius 2 is 2.14 bits per heavy atom. The fourth-order valence-corrected chi connectivity index (χ4v) is 3.06. The van der Waals surface area contributed by atoms with Crippen molar-refractivity contribution in [3.8, 4) is 0 Å². The highest BCUT2D eigenvalue weighted by Crippen LogP contribution is 2.17. The average molecular weight is 336 g/mol. The molecule has 3 rings (SSSR count). The molecule has 0 radical (unpaired) electrons. The fraction of sp³-hybridized carbons (Fsp3) is 0.267. The smallest absolute Gasteiger partial charge is 0.243 e. The summed E-state index contributed by atoms with van der Waals surface area (Å²) in [7, 11) is 0. The lowest BCUT2D eigenvalue weighted by molar-refractivity contribution is -0.137. The number of rotatable bonds is 5. The Balaban J connectivity index is 1.51. The highest BCUT2D eigenvalue weighted by molar-refractivity contribution is 7.09. The average Bonchev–Trinajstić information content (AvgIpc) is 2.91. The third-order valence-corrected chi connectivity index (χ3v) is 4.50. The van der Waals surface area contributed by atoms with E-state index in [0.717, 1.165) is 27.7 Å². The molecule has 2 aromatic rings. The third kappa shape index (κ3) is 3.64. The number of halogens is 1. The summed E-state index contributed by atoms with van der Waals surface area (Å²) in [4.78, 5) is 27.0. The number of benzene rings is 1. The fourth-order valence-electron chi connectivity index (χ4n) is 2.11. The Morgan fingerprint density at radius 1 is 1.41 bits per heavy atom. The predicted octanol–water partition coefficient (Wildman–Crippen LogP) is 1.89. The Hall–Kier alpha value is -1.92. The van der Waals surface area contributed by atoms with Gasteiger partial charge in [-0.1, -0.05) is 23.7 Å². The van der Waals surface area contributed by atoms with E-state index in [0.29, 0.717) is 6.54 Å². The van der Waals surface area contributed by atoms with Crippen LogP contribution in [0.1, 0.15) is 22.7 Å². The normalized spacial score (nSPS) is 16.8. The zero-order chi connectivity index (χ0) is 15.5. The topological polar surface area (TPSA) is 71.1 Å². The minimum absolute atomic E-state index is 0.0842. The van der Waals surface area contributed by atoms with Crippen LogP contribution in [0.25, 0.3) is 0 Å². The number of carbonyl (C=O) groups excluding carboxylic acids is 2. The maximum atomic E-state index is 11.7. The Morgan fingerprint density at radius 3 is 2.82 bits per heavy atom. The van der Waals surface area contributed by atoms with Crippen molar-refractivity contribution in [2.75, 3.05) is 0 Å². The number of thiazole rings is 1. The molecule has 0 bridgehead atoms. The number of aromatic nitrogens is 1. The highest BCUT2D eigenvalue weighted by atomic mass is 35.5. The van der Waals surface area contributed by atoms with E-state index >= 15 is 0 Å². The van der Waals surface area contributed by atoms with Crippen molar-refractivity contribution in [3.63, 3.8) is 0 Å². The van der Waals surface area contributed by atoms with Crippen molar-refractivity contribution in [3.05, 3.63) is 50.9 Å². The molecule has 0 spiro atoms. The lowest BCUT2D eigenvalue weighted by Gasteiger charge is -2.25. The summed E-state index contributed by atoms with van der Waals surface area (Å²) in [5.41, 5.74) is 1.97. The molecule has 0 saturated carbocycles. The van der Waals surface area contributed by atoms with Gasteiger partial charge in [0.05, 0.1) is 23.7 Å². The van der Waals surface area contributed by atoms with E-state index in [1.165, 1.54) is 0 Å². The maximum Gasteiger partial charge on any atom is 0.243 e. The molecule has 1 saturated heterocycles. The first-order chi connectivity index (χ1) is 10.6. The second-order valence-corrected chi connectivity index (χ2v) is 6.46. The van der Waals surface area contributed by atoms with E-state index in [4.69, 9.17) is 11.6 Å². The summed E-state index contributed by atoms with van der Waals surface area (Å²) in [6, 6.07) is 7.28. The van der Waals surface area contributed by atoms with Gasteiger partial charge in [-0.25, -0.2) is 4.98 Å². The van der Waals surface area contributed by atoms with Gasteiger partial charge in [0.25, 0.3) is 0 Å². The molecule has 1 aromatic carbocycles. The van der Waals surface area contributed by atoms with Crippen LogP contribution in [0.2, 0.25) is 5.02 Å². The van der Waals surface area contributed by atoms with Gasteiger partial charge in [-0.2, -0.15) is 0 Å². The van der Waals surface area contributed by atoms with Crippen LogP contribution in [0.3, 0.4) is 0 Å². The van der Waals surface area contributed by atoms with Crippen molar-refractivity contribution in [2.45, 2.75) is 25.4 Å². The SMILES string of the molecule is O=C1CC(C(=O)NCc2csc(Cc3ccc(Cl)cc3)n2)N1. The molecule has 1 aromatic heterocycles. The summed E-state index contributed by atoms with van der Waals surface area (Å²) >= 11 is 7.43. The minimum Gasteiger partial charge on any atom is -0.349 e. The van der Waals surface area contributed by atoms with Crippen LogP contribution in [-0.2, 0) is 22.6 Å². The summed E-state index contributed by atoms with van der Waals surface area (Å²) in [6.45, 7) is 0.377. The molecule has 114 valence electrons. The first-order valence-corrected chi connectivity index (χ1v) is 8.11. The number of amides is 2. The van der Waals surface area contributed by atoms with E-state index < -0.39 is 0 Å². The zero-order valence-corrected chi connectivity index (χ0v) is 13.2. The van der Waals surface area contributed by atoms with Gasteiger partial charge in [0.15, 0.2) is 0 Å². The van der Waals surface area contributed by atoms with E-state index in [9.17, 15) is 9.59 Å². The maximum absolute atomic E-state index is 11.7. The second kappa shape index (κ2) is 6.46. The Kier molecular flexibility index (Phi) is 4.40. The van der Waals surface area contributed by atoms with Gasteiger partial charge in [0, 0.05) is 16.8 Å². The van der Waals surface area contributed by atoms with Crippen LogP contribution in [0.5, 0.6) is 0 Å². The number of nitrogens with one attached hydrogen (secondary N) is 2. The van der Waals surface area contributed by atoms with Gasteiger partial charge in [-0.05, 0) is 17.7 Å². The second-order valence-electron chi connectivity index (χ2n) is 5.08. The zero-order valence-electron chi connectivity index (χ0n) is 11.6. The standard InChI is InChI=1S/C15H14ClN3O2S/c16-10-3-1-9(2-4-10)5-14-18-11(8-22-14)7-17-15(21)12-6-13(20)19-12/h1-4,8,12H,5-7H2,(H,17,21)(H,19,20). The molecule has 5 nitrogen and oxygen atoms in total. The molecule has 1 fully saturated rings. The first-order valence-electron chi connectivity index (χ1n) is 6.85. The molecule has 0 aliphatic carbocycles. The van der Waals surface area contributed by atoms with Crippen molar-refractivity contribution in [1.29, 1.82) is 0 Å². The largest absolute Gasteiger partial charge is 0.349 e. The first kappa shape index (κ1) is 15.0. The summed E-state index contributed by atoms with van der Waals surface area (Å²) in [5.74, 6) is -0.245. The molecular weight excluding hydrogens is 322 g/mol. The minimum atomic E-state index is -0.389. The van der Waals surface area contributed by atoms with Gasteiger partial charge >= 0.3 is 0 Å². The number of carbonyl (C=O) groups is 2. The van der Waals surface area contributed by atoms with E-state index in [2.05, 4.69) is 15.6 Å². The lowest BCUT2D eigenvalue weighted by atomic mass is 10.1. The van der Waals surface area contributed by atoms with Crippen molar-refractivity contribution < 1.29 is 9.59 Å². The van der Waals surface area contributed by atoms with Gasteiger partial charge in [-0.3, -0.25) is 9.59 Å². The van der Waals surface area contributed by atoms with E-state index in [1.54, 1.807) is 11.3 Å². The molecule has 1 aliphatic rings. The van der Waals surface area contributed by atoms with Crippen molar-refractivity contribution in [2.24, 2.45) is 0 Å². The van der Waals surface area contributed by atoms with Crippen LogP contribution in [0.15, 0.2) is 29.6 Å². The van der Waals surface area contributed by atoms with Gasteiger partial charge in [0.1, 0.15) is 6.04 Å². The van der Waals surface area contributed by atoms with Gasteiger partial charge < -0.3 is 10.6 Å². The number of hydrogen-bond acceptors (Lipinski definition) is 4. The van der Waals surface area contributed by atoms with E-state index in [-0.39, 0.29) is 24.3 Å². The van der Waals surface area contributed by atoms with Gasteiger partial charge in [0.2, 0.25) is 11.8 Å². The van der Waals surface area contributed by atoms with Crippen LogP contribution in [0.4, 0.5) is 0 Å². The van der Waals surface area contributed by atoms with Crippen molar-refractivity contribution >= 4 is 34.8 Å². The highest BCUT2D eigenvalue weighted by Gasteiger charge is 2.31. The molecule has 1 aliphatic heterocycles. The quantitative estimate of drug-likeness (QED) is 0.820. The molecule has 7 heteroatoms. The summed E-state index contributed by atoms with van der Waals surface area (Å²) in [6.07, 6.45) is 1.01. The molecular formula is C15H14ClN3O2S. The molecule has 2 N–H and O–H groups in total.